The Hall–Kier alpha value is -1.92. The van der Waals surface area contributed by atoms with Gasteiger partial charge in [-0.15, -0.1) is 0 Å². The predicted octanol–water partition coefficient (Wildman–Crippen LogP) is 1.03. The molecule has 1 aliphatic rings. The smallest absolute Gasteiger partial charge is 0.227 e. The minimum atomic E-state index is -0.260. The molecule has 2 amide bonds. The van der Waals surface area contributed by atoms with Crippen LogP contribution in [0.3, 0.4) is 0 Å². The van der Waals surface area contributed by atoms with Gasteiger partial charge in [-0.1, -0.05) is 5.16 Å². The second-order valence-corrected chi connectivity index (χ2v) is 6.82. The minimum Gasteiger partial charge on any atom is -0.345 e. The van der Waals surface area contributed by atoms with Crippen molar-refractivity contribution in [3.05, 3.63) is 11.7 Å². The Kier molecular flexibility index (Phi) is 4.53. The van der Waals surface area contributed by atoms with Gasteiger partial charge in [0.2, 0.25) is 17.7 Å². The fourth-order valence-corrected chi connectivity index (χ4v) is 2.65. The number of carbonyl (C=O) groups is 2. The molecule has 1 aromatic heterocycles. The van der Waals surface area contributed by atoms with E-state index in [0.717, 1.165) is 0 Å². The summed E-state index contributed by atoms with van der Waals surface area (Å²) in [6.07, 6.45) is 0.838. The van der Waals surface area contributed by atoms with Crippen LogP contribution in [0.15, 0.2) is 4.52 Å². The molecular formula is C15H24N4O3. The normalized spacial score (nSPS) is 18.9. The van der Waals surface area contributed by atoms with Crippen LogP contribution in [0, 0.1) is 12.8 Å². The monoisotopic (exact) mass is 308 g/mol. The molecule has 0 N–H and O–H groups in total. The van der Waals surface area contributed by atoms with Gasteiger partial charge in [0.05, 0.1) is 5.92 Å². The number of likely N-dealkylation sites (N-methyl/N-ethyl adjacent to an activating group) is 1. The summed E-state index contributed by atoms with van der Waals surface area (Å²) >= 11 is 0. The molecule has 0 aromatic carbocycles. The first kappa shape index (κ1) is 16.5. The number of aromatic nitrogens is 2. The molecule has 0 bridgehead atoms. The average molecular weight is 308 g/mol. The minimum absolute atomic E-state index is 0.000293. The third-order valence-corrected chi connectivity index (χ3v) is 3.90. The Balaban J connectivity index is 1.90. The van der Waals surface area contributed by atoms with Gasteiger partial charge in [-0.2, -0.15) is 4.98 Å². The van der Waals surface area contributed by atoms with E-state index in [1.807, 2.05) is 20.8 Å². The van der Waals surface area contributed by atoms with Crippen molar-refractivity contribution in [2.45, 2.75) is 46.1 Å². The number of hydrogen-bond donors (Lipinski definition) is 0. The highest BCUT2D eigenvalue weighted by atomic mass is 16.5. The third-order valence-electron chi connectivity index (χ3n) is 3.90. The molecule has 1 aromatic rings. The van der Waals surface area contributed by atoms with E-state index in [1.54, 1.807) is 23.8 Å². The fraction of sp³-hybridized carbons (Fsp3) is 0.733. The quantitative estimate of drug-likeness (QED) is 0.830. The summed E-state index contributed by atoms with van der Waals surface area (Å²) in [7, 11) is 1.75. The highest BCUT2D eigenvalue weighted by molar-refractivity contribution is 5.89. The molecule has 1 saturated heterocycles. The van der Waals surface area contributed by atoms with Gasteiger partial charge in [0.1, 0.15) is 0 Å². The van der Waals surface area contributed by atoms with Crippen LogP contribution in [-0.4, -0.2) is 57.4 Å². The van der Waals surface area contributed by atoms with Crippen LogP contribution in [-0.2, 0) is 16.0 Å². The largest absolute Gasteiger partial charge is 0.345 e. The molecule has 0 unspecified atom stereocenters. The van der Waals surface area contributed by atoms with Crippen molar-refractivity contribution in [2.24, 2.45) is 5.92 Å². The van der Waals surface area contributed by atoms with Gasteiger partial charge in [0.15, 0.2) is 5.82 Å². The van der Waals surface area contributed by atoms with Crippen LogP contribution in [0.4, 0.5) is 0 Å². The molecule has 122 valence electrons. The molecule has 1 aliphatic heterocycles. The number of carbonyl (C=O) groups excluding carboxylic acids is 2. The Labute approximate surface area is 130 Å². The molecule has 22 heavy (non-hydrogen) atoms. The highest BCUT2D eigenvalue weighted by Gasteiger charge is 2.40. The van der Waals surface area contributed by atoms with Gasteiger partial charge >= 0.3 is 0 Å². The van der Waals surface area contributed by atoms with Gasteiger partial charge in [0, 0.05) is 45.4 Å². The summed E-state index contributed by atoms with van der Waals surface area (Å²) in [5.74, 6) is 0.902. The van der Waals surface area contributed by atoms with Crippen LogP contribution >= 0.6 is 0 Å². The second-order valence-electron chi connectivity index (χ2n) is 6.82. The molecule has 0 saturated carbocycles. The molecule has 2 rings (SSSR count). The van der Waals surface area contributed by atoms with Crippen molar-refractivity contribution in [1.29, 1.82) is 0 Å². The molecule has 1 fully saturated rings. The molecule has 1 atom stereocenters. The zero-order valence-electron chi connectivity index (χ0n) is 13.9. The van der Waals surface area contributed by atoms with Crippen molar-refractivity contribution in [1.82, 2.24) is 19.9 Å². The number of amides is 2. The summed E-state index contributed by atoms with van der Waals surface area (Å²) in [6, 6.07) is 0. The molecule has 0 aliphatic carbocycles. The van der Waals surface area contributed by atoms with E-state index in [1.165, 1.54) is 0 Å². The second kappa shape index (κ2) is 6.06. The van der Waals surface area contributed by atoms with E-state index in [0.29, 0.717) is 37.6 Å². The first-order valence-corrected chi connectivity index (χ1v) is 7.53. The third kappa shape index (κ3) is 3.64. The molecular weight excluding hydrogens is 284 g/mol. The SMILES string of the molecule is Cc1nc(CCN(C)C(=O)[C@@H]2CC(=O)N(C(C)(C)C)C2)no1. The first-order chi connectivity index (χ1) is 10.2. The molecule has 0 spiro atoms. The Morgan fingerprint density at radius 3 is 2.64 bits per heavy atom. The van der Waals surface area contributed by atoms with Crippen molar-refractivity contribution in [2.75, 3.05) is 20.1 Å². The summed E-state index contributed by atoms with van der Waals surface area (Å²) < 4.78 is 4.91. The number of aryl methyl sites for hydroxylation is 1. The average Bonchev–Trinajstić information content (AvgIpc) is 3.00. The highest BCUT2D eigenvalue weighted by Crippen LogP contribution is 2.26. The maximum absolute atomic E-state index is 12.5. The van der Waals surface area contributed by atoms with Gasteiger partial charge in [-0.05, 0) is 20.8 Å². The van der Waals surface area contributed by atoms with Crippen LogP contribution in [0.5, 0.6) is 0 Å². The lowest BCUT2D eigenvalue weighted by atomic mass is 10.1. The van der Waals surface area contributed by atoms with E-state index < -0.39 is 0 Å². The van der Waals surface area contributed by atoms with Crippen molar-refractivity contribution in [3.8, 4) is 0 Å². The van der Waals surface area contributed by atoms with Crippen molar-refractivity contribution in [3.63, 3.8) is 0 Å². The summed E-state index contributed by atoms with van der Waals surface area (Å²) in [5, 5.41) is 3.81. The predicted molar refractivity (Wildman–Crippen MR) is 79.9 cm³/mol. The lowest BCUT2D eigenvalue weighted by Crippen LogP contribution is -2.43. The topological polar surface area (TPSA) is 79.5 Å². The van der Waals surface area contributed by atoms with E-state index in [4.69, 9.17) is 4.52 Å². The first-order valence-electron chi connectivity index (χ1n) is 7.53. The zero-order valence-corrected chi connectivity index (χ0v) is 13.9. The molecule has 7 heteroatoms. The Bertz CT molecular complexity index is 561. The van der Waals surface area contributed by atoms with Gasteiger partial charge in [-0.25, -0.2) is 0 Å². The van der Waals surface area contributed by atoms with Crippen LogP contribution in [0.25, 0.3) is 0 Å². The zero-order chi connectivity index (χ0) is 16.5. The number of nitrogens with zero attached hydrogens (tertiary/aromatic N) is 4. The van der Waals surface area contributed by atoms with E-state index in [2.05, 4.69) is 10.1 Å². The Morgan fingerprint density at radius 1 is 1.45 bits per heavy atom. The molecule has 0 radical (unpaired) electrons. The Morgan fingerprint density at radius 2 is 2.14 bits per heavy atom. The molecule has 2 heterocycles. The van der Waals surface area contributed by atoms with E-state index in [9.17, 15) is 9.59 Å². The maximum Gasteiger partial charge on any atom is 0.227 e. The van der Waals surface area contributed by atoms with Crippen LogP contribution < -0.4 is 0 Å². The number of likely N-dealkylation sites (tertiary alicyclic amines) is 1. The standard InChI is InChI=1S/C15H24N4O3/c1-10-16-12(17-22-10)6-7-18(5)14(21)11-8-13(20)19(9-11)15(2,3)4/h11H,6-9H2,1-5H3/t11-/m1/s1. The van der Waals surface area contributed by atoms with E-state index >= 15 is 0 Å². The van der Waals surface area contributed by atoms with Gasteiger partial charge < -0.3 is 14.3 Å². The molecule has 7 nitrogen and oxygen atoms in total. The van der Waals surface area contributed by atoms with Crippen molar-refractivity contribution >= 4 is 11.8 Å². The van der Waals surface area contributed by atoms with Gasteiger partial charge in [0.25, 0.3) is 0 Å². The fourth-order valence-electron chi connectivity index (χ4n) is 2.65. The lowest BCUT2D eigenvalue weighted by molar-refractivity contribution is -0.134. The van der Waals surface area contributed by atoms with E-state index in [-0.39, 0.29) is 23.3 Å². The summed E-state index contributed by atoms with van der Waals surface area (Å²) in [5.41, 5.74) is -0.243. The van der Waals surface area contributed by atoms with Crippen molar-refractivity contribution < 1.29 is 14.1 Å². The van der Waals surface area contributed by atoms with Crippen LogP contribution in [0.1, 0.15) is 38.9 Å². The summed E-state index contributed by atoms with van der Waals surface area (Å²) in [6.45, 7) is 8.70. The number of hydrogen-bond acceptors (Lipinski definition) is 5. The maximum atomic E-state index is 12.5. The lowest BCUT2D eigenvalue weighted by Gasteiger charge is -2.32. The van der Waals surface area contributed by atoms with Crippen LogP contribution in [0.2, 0.25) is 0 Å². The van der Waals surface area contributed by atoms with Gasteiger partial charge in [-0.3, -0.25) is 9.59 Å². The number of rotatable bonds is 4. The summed E-state index contributed by atoms with van der Waals surface area (Å²) in [4.78, 5) is 32.1.